The van der Waals surface area contributed by atoms with E-state index in [-0.39, 0.29) is 0 Å². The van der Waals surface area contributed by atoms with Gasteiger partial charge in [0, 0.05) is 5.92 Å². The van der Waals surface area contributed by atoms with Crippen LogP contribution in [0.5, 0.6) is 0 Å². The highest BCUT2D eigenvalue weighted by atomic mass is 16.3. The molecule has 2 atom stereocenters. The van der Waals surface area contributed by atoms with Crippen molar-refractivity contribution < 1.29 is 5.11 Å². The van der Waals surface area contributed by atoms with Crippen LogP contribution >= 0.6 is 0 Å². The number of aliphatic hydroxyl groups excluding tert-OH is 1. The Kier molecular flexibility index (Phi) is 7.28. The Morgan fingerprint density at radius 2 is 1.82 bits per heavy atom. The molecule has 0 heterocycles. The number of allylic oxidation sites excluding steroid dienone is 14. The summed E-state index contributed by atoms with van der Waals surface area (Å²) in [5.74, 6) is 0.393. The average molecular weight is 375 g/mol. The molecule has 0 spiro atoms. The molecule has 0 fully saturated rings. The van der Waals surface area contributed by atoms with Gasteiger partial charge < -0.3 is 5.11 Å². The van der Waals surface area contributed by atoms with Crippen molar-refractivity contribution in [1.82, 2.24) is 0 Å². The van der Waals surface area contributed by atoms with Crippen molar-refractivity contribution in [3.05, 3.63) is 94.2 Å². The van der Waals surface area contributed by atoms with E-state index in [2.05, 4.69) is 69.4 Å². The Morgan fingerprint density at radius 1 is 1.07 bits per heavy atom. The molecule has 0 amide bonds. The summed E-state index contributed by atoms with van der Waals surface area (Å²) in [5, 5.41) is 9.90. The molecular weight excluding hydrogens is 340 g/mol. The second-order valence-corrected chi connectivity index (χ2v) is 8.05. The Labute approximate surface area is 170 Å². The largest absolute Gasteiger partial charge is 0.385 e. The molecule has 0 aromatic rings. The van der Waals surface area contributed by atoms with Crippen LogP contribution in [0.4, 0.5) is 0 Å². The predicted molar refractivity (Wildman–Crippen MR) is 121 cm³/mol. The summed E-state index contributed by atoms with van der Waals surface area (Å²) in [6, 6.07) is 0. The normalized spacial score (nSPS) is 24.4. The van der Waals surface area contributed by atoms with E-state index in [4.69, 9.17) is 0 Å². The highest BCUT2D eigenvalue weighted by Crippen LogP contribution is 2.40. The van der Waals surface area contributed by atoms with E-state index in [0.717, 1.165) is 32.1 Å². The first-order valence-electron chi connectivity index (χ1n) is 10.8. The fourth-order valence-corrected chi connectivity index (χ4v) is 4.44. The highest BCUT2D eigenvalue weighted by Gasteiger charge is 2.24. The zero-order valence-corrected chi connectivity index (χ0v) is 17.6. The van der Waals surface area contributed by atoms with E-state index < -0.39 is 6.10 Å². The van der Waals surface area contributed by atoms with Crippen LogP contribution in [-0.4, -0.2) is 11.2 Å². The average Bonchev–Trinajstić information content (AvgIpc) is 2.70. The number of hydrogen-bond acceptors (Lipinski definition) is 1. The topological polar surface area (TPSA) is 20.2 Å². The van der Waals surface area contributed by atoms with Gasteiger partial charge >= 0.3 is 0 Å². The second-order valence-electron chi connectivity index (χ2n) is 8.05. The van der Waals surface area contributed by atoms with Crippen LogP contribution in [0.2, 0.25) is 0 Å². The van der Waals surface area contributed by atoms with E-state index >= 15 is 0 Å². The lowest BCUT2D eigenvalue weighted by Crippen LogP contribution is -2.14. The second kappa shape index (κ2) is 9.89. The standard InChI is InChI=1S/C27H34O/c1-4-7-22(8-5-2)27(23-13-11-20(3)12-14-23)24-17-15-21(16-18-24)25-9-6-10-26(28)19-25/h4,6-8,10-11,13,15,17,19,26-28H,5,9,12,14,16,18H2,1-3H3/b7-4-,22-8+. The van der Waals surface area contributed by atoms with Gasteiger partial charge in [-0.1, -0.05) is 78.3 Å². The van der Waals surface area contributed by atoms with Gasteiger partial charge in [0.1, 0.15) is 0 Å². The van der Waals surface area contributed by atoms with Crippen LogP contribution in [0.25, 0.3) is 0 Å². The van der Waals surface area contributed by atoms with Gasteiger partial charge in [-0.15, -0.1) is 0 Å². The third-order valence-electron chi connectivity index (χ3n) is 5.90. The van der Waals surface area contributed by atoms with Crippen LogP contribution in [0, 0.1) is 5.92 Å². The molecule has 0 aliphatic heterocycles. The van der Waals surface area contributed by atoms with Gasteiger partial charge in [0.15, 0.2) is 0 Å². The summed E-state index contributed by atoms with van der Waals surface area (Å²) in [7, 11) is 0. The van der Waals surface area contributed by atoms with Gasteiger partial charge in [0.2, 0.25) is 0 Å². The third kappa shape index (κ3) is 5.02. The van der Waals surface area contributed by atoms with Gasteiger partial charge in [-0.3, -0.25) is 0 Å². The maximum Gasteiger partial charge on any atom is 0.0908 e. The van der Waals surface area contributed by atoms with Crippen molar-refractivity contribution in [2.45, 2.75) is 65.4 Å². The maximum absolute atomic E-state index is 9.90. The zero-order chi connectivity index (χ0) is 19.9. The van der Waals surface area contributed by atoms with Crippen LogP contribution in [-0.2, 0) is 0 Å². The van der Waals surface area contributed by atoms with E-state index in [1.54, 1.807) is 5.57 Å². The molecule has 3 rings (SSSR count). The SMILES string of the molecule is C/C=C\C(=C/CC)C(C1=CC=C(C)CC1)C1=CC=C(C2=CC(O)C=CC2)CC1. The monoisotopic (exact) mass is 374 g/mol. The minimum absolute atomic E-state index is 0.393. The number of hydrogen-bond donors (Lipinski definition) is 1. The molecule has 1 N–H and O–H groups in total. The molecule has 3 aliphatic carbocycles. The lowest BCUT2D eigenvalue weighted by Gasteiger charge is -2.29. The molecule has 0 bridgehead atoms. The molecular formula is C27H34O. The summed E-state index contributed by atoms with van der Waals surface area (Å²) < 4.78 is 0. The molecule has 0 radical (unpaired) electrons. The molecule has 2 unspecified atom stereocenters. The lowest BCUT2D eigenvalue weighted by molar-refractivity contribution is 0.268. The molecule has 1 nitrogen and oxygen atoms in total. The van der Waals surface area contributed by atoms with Crippen molar-refractivity contribution in [3.8, 4) is 0 Å². The quantitative estimate of drug-likeness (QED) is 0.389. The third-order valence-corrected chi connectivity index (χ3v) is 5.90. The van der Waals surface area contributed by atoms with Crippen molar-refractivity contribution >= 4 is 0 Å². The van der Waals surface area contributed by atoms with Gasteiger partial charge in [-0.2, -0.15) is 0 Å². The predicted octanol–water partition coefficient (Wildman–Crippen LogP) is 7.08. The molecule has 3 aliphatic rings. The fourth-order valence-electron chi connectivity index (χ4n) is 4.44. The Balaban J connectivity index is 1.94. The maximum atomic E-state index is 9.90. The molecule has 0 saturated heterocycles. The fraction of sp³-hybridized carbons (Fsp3) is 0.407. The summed E-state index contributed by atoms with van der Waals surface area (Å²) in [6.07, 6.45) is 28.2. The Bertz CT molecular complexity index is 820. The Morgan fingerprint density at radius 3 is 2.39 bits per heavy atom. The summed E-state index contributed by atoms with van der Waals surface area (Å²) >= 11 is 0. The molecule has 1 heteroatoms. The molecule has 148 valence electrons. The van der Waals surface area contributed by atoms with Gasteiger partial charge in [0.25, 0.3) is 0 Å². The van der Waals surface area contributed by atoms with Crippen molar-refractivity contribution in [3.63, 3.8) is 0 Å². The summed E-state index contributed by atoms with van der Waals surface area (Å²) in [4.78, 5) is 0. The van der Waals surface area contributed by atoms with E-state index in [1.807, 2.05) is 12.2 Å². The van der Waals surface area contributed by atoms with Gasteiger partial charge in [-0.05, 0) is 75.2 Å². The minimum Gasteiger partial charge on any atom is -0.385 e. The van der Waals surface area contributed by atoms with Crippen LogP contribution in [0.1, 0.15) is 59.3 Å². The van der Waals surface area contributed by atoms with Crippen molar-refractivity contribution in [2.75, 3.05) is 0 Å². The first-order valence-corrected chi connectivity index (χ1v) is 10.8. The lowest BCUT2D eigenvalue weighted by atomic mass is 9.75. The first kappa shape index (κ1) is 20.6. The van der Waals surface area contributed by atoms with E-state index in [9.17, 15) is 5.11 Å². The van der Waals surface area contributed by atoms with Crippen molar-refractivity contribution in [2.24, 2.45) is 5.92 Å². The molecule has 0 aromatic carbocycles. The van der Waals surface area contributed by atoms with Gasteiger partial charge in [-0.25, -0.2) is 0 Å². The molecule has 0 aromatic heterocycles. The van der Waals surface area contributed by atoms with E-state index in [1.165, 1.54) is 34.3 Å². The van der Waals surface area contributed by atoms with Crippen molar-refractivity contribution in [1.29, 1.82) is 0 Å². The first-order chi connectivity index (χ1) is 13.6. The smallest absolute Gasteiger partial charge is 0.0908 e. The number of aliphatic hydroxyl groups is 1. The summed E-state index contributed by atoms with van der Waals surface area (Å²) in [5.41, 5.74) is 8.64. The summed E-state index contributed by atoms with van der Waals surface area (Å²) in [6.45, 7) is 6.57. The van der Waals surface area contributed by atoms with Gasteiger partial charge in [0.05, 0.1) is 6.10 Å². The van der Waals surface area contributed by atoms with Crippen LogP contribution in [0.3, 0.4) is 0 Å². The van der Waals surface area contributed by atoms with E-state index in [0.29, 0.717) is 5.92 Å². The zero-order valence-electron chi connectivity index (χ0n) is 17.6. The minimum atomic E-state index is -0.432. The Hall–Kier alpha value is -2.12. The number of rotatable bonds is 6. The molecule has 28 heavy (non-hydrogen) atoms. The van der Waals surface area contributed by atoms with Crippen LogP contribution < -0.4 is 0 Å². The van der Waals surface area contributed by atoms with Crippen LogP contribution in [0.15, 0.2) is 94.2 Å². The molecule has 0 saturated carbocycles. The highest BCUT2D eigenvalue weighted by molar-refractivity contribution is 5.47.